The number of nitriles is 1. The summed E-state index contributed by atoms with van der Waals surface area (Å²) in [5, 5.41) is 8.81. The van der Waals surface area contributed by atoms with E-state index in [0.29, 0.717) is 11.1 Å². The second kappa shape index (κ2) is 6.33. The highest BCUT2D eigenvalue weighted by Crippen LogP contribution is 2.26. The molecule has 2 N–H and O–H groups in total. The molecule has 21 heavy (non-hydrogen) atoms. The fourth-order valence-corrected chi connectivity index (χ4v) is 1.92. The molecule has 0 saturated heterocycles. The van der Waals surface area contributed by atoms with E-state index < -0.39 is 11.6 Å². The maximum absolute atomic E-state index is 13.7. The molecule has 0 aliphatic rings. The van der Waals surface area contributed by atoms with E-state index >= 15 is 0 Å². The SMILES string of the molecule is CC(N)c1ccc(F)cc1OCc1cc(C#N)ccc1F. The first-order valence-electron chi connectivity index (χ1n) is 6.37. The molecule has 0 aromatic heterocycles. The van der Waals surface area contributed by atoms with Crippen molar-refractivity contribution in [1.29, 1.82) is 5.26 Å². The lowest BCUT2D eigenvalue weighted by molar-refractivity contribution is 0.294. The number of nitrogens with two attached hydrogens (primary N) is 1. The van der Waals surface area contributed by atoms with Gasteiger partial charge in [0.25, 0.3) is 0 Å². The Morgan fingerprint density at radius 3 is 2.67 bits per heavy atom. The Hall–Kier alpha value is -2.45. The molecule has 1 atom stereocenters. The molecule has 0 aliphatic carbocycles. The van der Waals surface area contributed by atoms with Gasteiger partial charge in [0.05, 0.1) is 11.6 Å². The van der Waals surface area contributed by atoms with Crippen LogP contribution in [0.15, 0.2) is 36.4 Å². The van der Waals surface area contributed by atoms with Gasteiger partial charge in [0.1, 0.15) is 24.0 Å². The van der Waals surface area contributed by atoms with Crippen molar-refractivity contribution in [1.82, 2.24) is 0 Å². The Morgan fingerprint density at radius 1 is 1.24 bits per heavy atom. The molecule has 0 bridgehead atoms. The fraction of sp³-hybridized carbons (Fsp3) is 0.188. The van der Waals surface area contributed by atoms with Crippen LogP contribution in [0.5, 0.6) is 5.75 Å². The van der Waals surface area contributed by atoms with Gasteiger partial charge < -0.3 is 10.5 Å². The second-order valence-corrected chi connectivity index (χ2v) is 4.68. The Balaban J connectivity index is 2.24. The minimum Gasteiger partial charge on any atom is -0.488 e. The van der Waals surface area contributed by atoms with Crippen LogP contribution in [0, 0.1) is 23.0 Å². The summed E-state index contributed by atoms with van der Waals surface area (Å²) in [6.07, 6.45) is 0. The average molecular weight is 288 g/mol. The Morgan fingerprint density at radius 2 is 2.00 bits per heavy atom. The molecule has 0 heterocycles. The summed E-state index contributed by atoms with van der Waals surface area (Å²) in [4.78, 5) is 0. The van der Waals surface area contributed by atoms with Gasteiger partial charge in [-0.05, 0) is 31.2 Å². The molecule has 2 aromatic carbocycles. The zero-order chi connectivity index (χ0) is 15.4. The zero-order valence-electron chi connectivity index (χ0n) is 11.4. The molecule has 0 amide bonds. The Bertz CT molecular complexity index is 693. The van der Waals surface area contributed by atoms with E-state index in [4.69, 9.17) is 15.7 Å². The number of hydrogen-bond donors (Lipinski definition) is 1. The first-order chi connectivity index (χ1) is 10.0. The van der Waals surface area contributed by atoms with Gasteiger partial charge in [0.2, 0.25) is 0 Å². The van der Waals surface area contributed by atoms with Crippen LogP contribution in [-0.4, -0.2) is 0 Å². The van der Waals surface area contributed by atoms with Gasteiger partial charge in [-0.3, -0.25) is 0 Å². The van der Waals surface area contributed by atoms with Crippen molar-refractivity contribution in [2.24, 2.45) is 5.73 Å². The smallest absolute Gasteiger partial charge is 0.129 e. The highest BCUT2D eigenvalue weighted by Gasteiger charge is 2.11. The van der Waals surface area contributed by atoms with Crippen LogP contribution in [-0.2, 0) is 6.61 Å². The van der Waals surface area contributed by atoms with E-state index in [1.54, 1.807) is 6.92 Å². The van der Waals surface area contributed by atoms with Gasteiger partial charge in [-0.15, -0.1) is 0 Å². The molecule has 3 nitrogen and oxygen atoms in total. The van der Waals surface area contributed by atoms with Crippen LogP contribution in [0.3, 0.4) is 0 Å². The number of hydrogen-bond acceptors (Lipinski definition) is 3. The fourth-order valence-electron chi connectivity index (χ4n) is 1.92. The van der Waals surface area contributed by atoms with E-state index in [9.17, 15) is 8.78 Å². The third kappa shape index (κ3) is 3.56. The van der Waals surface area contributed by atoms with Gasteiger partial charge >= 0.3 is 0 Å². The van der Waals surface area contributed by atoms with E-state index in [2.05, 4.69) is 0 Å². The topological polar surface area (TPSA) is 59.0 Å². The predicted octanol–water partition coefficient (Wildman–Crippen LogP) is 3.44. The molecule has 2 rings (SSSR count). The molecule has 1 unspecified atom stereocenters. The van der Waals surface area contributed by atoms with Crippen molar-refractivity contribution in [3.63, 3.8) is 0 Å². The summed E-state index contributed by atoms with van der Waals surface area (Å²) in [7, 11) is 0. The standard InChI is InChI=1S/C16H14F2N2O/c1-10(20)14-4-3-13(17)7-16(14)21-9-12-6-11(8-19)2-5-15(12)18/h2-7,10H,9,20H2,1H3. The summed E-state index contributed by atoms with van der Waals surface area (Å²) in [6, 6.07) is 9.63. The number of benzene rings is 2. The van der Waals surface area contributed by atoms with Crippen molar-refractivity contribution in [2.75, 3.05) is 0 Å². The minimum absolute atomic E-state index is 0.107. The Labute approximate surface area is 121 Å². The molecule has 0 aliphatic heterocycles. The van der Waals surface area contributed by atoms with Gasteiger partial charge in [0.15, 0.2) is 0 Å². The summed E-state index contributed by atoms with van der Waals surface area (Å²) >= 11 is 0. The van der Waals surface area contributed by atoms with Crippen molar-refractivity contribution >= 4 is 0 Å². The molecule has 2 aromatic rings. The van der Waals surface area contributed by atoms with Crippen molar-refractivity contribution < 1.29 is 13.5 Å². The largest absolute Gasteiger partial charge is 0.488 e. The number of nitrogens with zero attached hydrogens (tertiary/aromatic N) is 1. The summed E-state index contributed by atoms with van der Waals surface area (Å²) in [5.74, 6) is -0.667. The van der Waals surface area contributed by atoms with Crippen LogP contribution >= 0.6 is 0 Å². The van der Waals surface area contributed by atoms with Crippen LogP contribution in [0.4, 0.5) is 8.78 Å². The van der Waals surface area contributed by atoms with Crippen molar-refractivity contribution in [3.8, 4) is 11.8 Å². The molecule has 108 valence electrons. The molecule has 0 saturated carbocycles. The van der Waals surface area contributed by atoms with E-state index in [0.717, 1.165) is 0 Å². The summed E-state index contributed by atoms with van der Waals surface area (Å²) in [6.45, 7) is 1.64. The molecule has 0 spiro atoms. The lowest BCUT2D eigenvalue weighted by atomic mass is 10.1. The monoisotopic (exact) mass is 288 g/mol. The molecular formula is C16H14F2N2O. The van der Waals surface area contributed by atoms with E-state index in [1.165, 1.54) is 36.4 Å². The molecule has 0 fully saturated rings. The maximum Gasteiger partial charge on any atom is 0.129 e. The zero-order valence-corrected chi connectivity index (χ0v) is 11.4. The first-order valence-corrected chi connectivity index (χ1v) is 6.37. The Kier molecular flexibility index (Phi) is 4.51. The van der Waals surface area contributed by atoms with Crippen LogP contribution in [0.2, 0.25) is 0 Å². The predicted molar refractivity (Wildman–Crippen MR) is 74.4 cm³/mol. The van der Waals surface area contributed by atoms with Gasteiger partial charge in [-0.2, -0.15) is 5.26 Å². The third-order valence-electron chi connectivity index (χ3n) is 3.02. The summed E-state index contributed by atoms with van der Waals surface area (Å²) in [5.41, 5.74) is 6.99. The van der Waals surface area contributed by atoms with Crippen molar-refractivity contribution in [2.45, 2.75) is 19.6 Å². The highest BCUT2D eigenvalue weighted by molar-refractivity contribution is 5.37. The van der Waals surface area contributed by atoms with Crippen molar-refractivity contribution in [3.05, 3.63) is 64.7 Å². The third-order valence-corrected chi connectivity index (χ3v) is 3.02. The first kappa shape index (κ1) is 14.9. The quantitative estimate of drug-likeness (QED) is 0.937. The van der Waals surface area contributed by atoms with E-state index in [1.807, 2.05) is 6.07 Å². The second-order valence-electron chi connectivity index (χ2n) is 4.68. The number of halogens is 2. The van der Waals surface area contributed by atoms with Crippen LogP contribution in [0.1, 0.15) is 29.7 Å². The maximum atomic E-state index is 13.7. The summed E-state index contributed by atoms with van der Waals surface area (Å²) < 4.78 is 32.4. The number of rotatable bonds is 4. The minimum atomic E-state index is -0.479. The molecular weight excluding hydrogens is 274 g/mol. The normalized spacial score (nSPS) is 11.8. The van der Waals surface area contributed by atoms with Gasteiger partial charge in [0, 0.05) is 23.2 Å². The molecule has 5 heteroatoms. The lowest BCUT2D eigenvalue weighted by Crippen LogP contribution is -2.09. The number of ether oxygens (including phenoxy) is 1. The van der Waals surface area contributed by atoms with Gasteiger partial charge in [-0.1, -0.05) is 6.07 Å². The van der Waals surface area contributed by atoms with Gasteiger partial charge in [-0.25, -0.2) is 8.78 Å². The molecule has 0 radical (unpaired) electrons. The highest BCUT2D eigenvalue weighted by atomic mass is 19.1. The van der Waals surface area contributed by atoms with Crippen LogP contribution < -0.4 is 10.5 Å². The lowest BCUT2D eigenvalue weighted by Gasteiger charge is -2.14. The van der Waals surface area contributed by atoms with Crippen LogP contribution in [0.25, 0.3) is 0 Å². The van der Waals surface area contributed by atoms with E-state index in [-0.39, 0.29) is 24.0 Å². The average Bonchev–Trinajstić information content (AvgIpc) is 2.46.